The number of nitrogens with zero attached hydrogens (tertiary/aromatic N) is 2. The first-order valence-electron chi connectivity index (χ1n) is 26.4. The van der Waals surface area contributed by atoms with Crippen molar-refractivity contribution in [2.75, 3.05) is 0 Å². The van der Waals surface area contributed by atoms with E-state index in [1.807, 2.05) is 18.2 Å². The van der Waals surface area contributed by atoms with Crippen molar-refractivity contribution in [2.45, 2.75) is 157 Å². The first-order valence-corrected chi connectivity index (χ1v) is 27.2. The molecule has 0 fully saturated rings. The third kappa shape index (κ3) is 10.4. The molecule has 0 atom stereocenters. The van der Waals surface area contributed by atoms with Crippen LogP contribution in [0.5, 0.6) is 5.75 Å². The summed E-state index contributed by atoms with van der Waals surface area (Å²) in [6, 6.07) is 35.8. The minimum atomic E-state index is -0.139. The highest BCUT2D eigenvalue weighted by Crippen LogP contribution is 2.45. The predicted molar refractivity (Wildman–Crippen MR) is 322 cm³/mol. The zero-order valence-corrected chi connectivity index (χ0v) is 48.9. The Morgan fingerprint density at radius 1 is 0.338 bits per heavy atom. The summed E-state index contributed by atoms with van der Waals surface area (Å²) >= 11 is 3.69. The average Bonchev–Trinajstić information content (AvgIpc) is 4.13. The van der Waals surface area contributed by atoms with Gasteiger partial charge in [-0.25, -0.2) is 9.97 Å². The number of aromatic amines is 2. The second-order valence-electron chi connectivity index (χ2n) is 27.1. The Morgan fingerprint density at radius 2 is 0.635 bits per heavy atom. The molecule has 2 aliphatic heterocycles. The van der Waals surface area contributed by atoms with Gasteiger partial charge in [0, 0.05) is 43.8 Å². The van der Waals surface area contributed by atoms with Gasteiger partial charge in [0.15, 0.2) is 0 Å². The van der Waals surface area contributed by atoms with Gasteiger partial charge in [0.1, 0.15) is 5.75 Å². The van der Waals surface area contributed by atoms with Crippen molar-refractivity contribution in [2.24, 2.45) is 0 Å². The molecule has 9 rings (SSSR count). The zero-order valence-electron chi connectivity index (χ0n) is 47.3. The fourth-order valence-electron chi connectivity index (χ4n) is 10.0. The van der Waals surface area contributed by atoms with Crippen LogP contribution in [0.4, 0.5) is 0 Å². The SMILES string of the molecule is CC(C)(C)c1cc(-c2c3nc(c(-c4cc(C(C)(C)C)cc(C(C)(C)C)c4)c4cc(O)c([nH]4)c(-c4ccc(Br)cc4)c4nc(c(-c5cc(C(C)(C)C)cc(C(C)(C)C)c5)c5ccc2[nH]5)C=C4)C=C3)cc(C(C)(C)C)c1. The lowest BCUT2D eigenvalue weighted by atomic mass is 9.78. The molecule has 0 radical (unpaired) electrons. The fourth-order valence-corrected chi connectivity index (χ4v) is 10.3. The monoisotopic (exact) mass is 1040 g/mol. The molecule has 3 N–H and O–H groups in total. The van der Waals surface area contributed by atoms with E-state index in [1.54, 1.807) is 0 Å². The van der Waals surface area contributed by atoms with Gasteiger partial charge in [0.05, 0.1) is 33.8 Å². The summed E-state index contributed by atoms with van der Waals surface area (Å²) in [6.45, 7) is 41.2. The van der Waals surface area contributed by atoms with Crippen LogP contribution in [0.2, 0.25) is 0 Å². The molecule has 7 aromatic rings. The topological polar surface area (TPSA) is 77.6 Å². The molecular weight excluding hydrogens is 969 g/mol. The van der Waals surface area contributed by atoms with E-state index in [0.717, 1.165) is 88.3 Å². The van der Waals surface area contributed by atoms with Crippen molar-refractivity contribution >= 4 is 62.3 Å². The number of aromatic hydroxyl groups is 1. The van der Waals surface area contributed by atoms with Crippen molar-refractivity contribution in [3.05, 3.63) is 158 Å². The molecular formula is C68H77BrN4O. The highest BCUT2D eigenvalue weighted by atomic mass is 79.9. The Bertz CT molecular complexity index is 3510. The van der Waals surface area contributed by atoms with E-state index in [0.29, 0.717) is 5.52 Å². The summed E-state index contributed by atoms with van der Waals surface area (Å²) in [6.07, 6.45) is 8.60. The van der Waals surface area contributed by atoms with E-state index in [-0.39, 0.29) is 38.2 Å². The number of aromatic nitrogens is 4. The van der Waals surface area contributed by atoms with Gasteiger partial charge in [-0.3, -0.25) is 0 Å². The summed E-state index contributed by atoms with van der Waals surface area (Å²) in [4.78, 5) is 19.3. The van der Waals surface area contributed by atoms with E-state index in [2.05, 4.69) is 254 Å². The molecule has 2 aliphatic rings. The molecule has 6 heteroatoms. The Morgan fingerprint density at radius 3 is 0.946 bits per heavy atom. The molecule has 4 aromatic carbocycles. The molecule has 0 unspecified atom stereocenters. The standard InChI is InChI=1S/C68H77BrN4O/c1-63(2,3)43-29-40(30-44(35-43)64(4,5)6)58-50-23-24-51(70-50)59(41-31-45(65(7,8)9)36-46(32-41)66(10,11)12)53-27-28-55(72-53)61(39-19-21-49(69)22-20-39)62-57(74)38-56(73-62)60(54-26-25-52(58)71-54)42-33-47(67(13,14)15)37-48(34-42)68(16,17)18/h19-38,70,73-74H,1-18H3. The van der Waals surface area contributed by atoms with Crippen LogP contribution in [0.1, 0.15) is 181 Å². The summed E-state index contributed by atoms with van der Waals surface area (Å²) in [5, 5.41) is 12.5. The number of halogens is 1. The van der Waals surface area contributed by atoms with Crippen LogP contribution in [0, 0.1) is 0 Å². The Balaban J connectivity index is 1.54. The molecule has 382 valence electrons. The normalized spacial score (nSPS) is 13.6. The summed E-state index contributed by atoms with van der Waals surface area (Å²) in [5.74, 6) is 0.130. The maximum Gasteiger partial charge on any atom is 0.141 e. The molecule has 0 amide bonds. The van der Waals surface area contributed by atoms with E-state index in [9.17, 15) is 5.11 Å². The number of hydrogen-bond donors (Lipinski definition) is 3. The van der Waals surface area contributed by atoms with Gasteiger partial charge in [-0.05, 0) is 137 Å². The smallest absolute Gasteiger partial charge is 0.141 e. The predicted octanol–water partition coefficient (Wildman–Crippen LogP) is 19.6. The Hall–Kier alpha value is -6.24. The molecule has 5 heterocycles. The van der Waals surface area contributed by atoms with Gasteiger partial charge in [0.25, 0.3) is 0 Å². The van der Waals surface area contributed by atoms with Crippen LogP contribution >= 0.6 is 15.9 Å². The lowest BCUT2D eigenvalue weighted by Crippen LogP contribution is -2.16. The third-order valence-corrected chi connectivity index (χ3v) is 15.4. The Kier molecular flexibility index (Phi) is 13.0. The summed E-state index contributed by atoms with van der Waals surface area (Å²) < 4.78 is 0.965. The maximum absolute atomic E-state index is 12.5. The van der Waals surface area contributed by atoms with Crippen molar-refractivity contribution in [3.8, 4) is 50.3 Å². The van der Waals surface area contributed by atoms with Crippen molar-refractivity contribution in [1.29, 1.82) is 0 Å². The number of H-pyrrole nitrogens is 2. The van der Waals surface area contributed by atoms with Crippen LogP contribution in [0.3, 0.4) is 0 Å². The molecule has 0 saturated heterocycles. The molecule has 0 aliphatic carbocycles. The van der Waals surface area contributed by atoms with Crippen LogP contribution in [-0.2, 0) is 32.5 Å². The van der Waals surface area contributed by atoms with Crippen LogP contribution in [0.15, 0.2) is 102 Å². The average molecular weight is 1050 g/mol. The molecule has 5 nitrogen and oxygen atoms in total. The van der Waals surface area contributed by atoms with E-state index in [4.69, 9.17) is 9.97 Å². The van der Waals surface area contributed by atoms with Gasteiger partial charge in [-0.2, -0.15) is 0 Å². The van der Waals surface area contributed by atoms with Gasteiger partial charge in [-0.1, -0.05) is 207 Å². The number of hydrogen-bond acceptors (Lipinski definition) is 3. The van der Waals surface area contributed by atoms with Crippen LogP contribution < -0.4 is 0 Å². The minimum absolute atomic E-state index is 0.116. The highest BCUT2D eigenvalue weighted by Gasteiger charge is 2.28. The largest absolute Gasteiger partial charge is 0.506 e. The summed E-state index contributed by atoms with van der Waals surface area (Å²) in [5.41, 5.74) is 21.1. The Labute approximate surface area is 449 Å². The lowest BCUT2D eigenvalue weighted by Gasteiger charge is -2.26. The third-order valence-electron chi connectivity index (χ3n) is 14.8. The van der Waals surface area contributed by atoms with Gasteiger partial charge in [0.2, 0.25) is 0 Å². The first kappa shape index (κ1) is 52.6. The van der Waals surface area contributed by atoms with Crippen molar-refractivity contribution < 1.29 is 5.11 Å². The minimum Gasteiger partial charge on any atom is -0.506 e. The second kappa shape index (κ2) is 18.3. The first-order chi connectivity index (χ1) is 34.2. The fraction of sp³-hybridized carbons (Fsp3) is 0.353. The number of nitrogens with one attached hydrogen (secondary N) is 2. The van der Waals surface area contributed by atoms with Crippen LogP contribution in [-0.4, -0.2) is 25.0 Å². The number of fused-ring (bicyclic) bond motifs is 8. The quantitative estimate of drug-likeness (QED) is 0.164. The lowest BCUT2D eigenvalue weighted by molar-refractivity contribution is 0.482. The number of rotatable bonds is 4. The number of benzene rings is 4. The maximum atomic E-state index is 12.5. The van der Waals surface area contributed by atoms with Crippen molar-refractivity contribution in [1.82, 2.24) is 19.9 Å². The molecule has 74 heavy (non-hydrogen) atoms. The molecule has 8 bridgehead atoms. The highest BCUT2D eigenvalue weighted by molar-refractivity contribution is 9.10. The zero-order chi connectivity index (χ0) is 53.8. The molecule has 0 spiro atoms. The summed E-state index contributed by atoms with van der Waals surface area (Å²) in [7, 11) is 0. The van der Waals surface area contributed by atoms with E-state index in [1.165, 1.54) is 33.4 Å². The van der Waals surface area contributed by atoms with E-state index >= 15 is 0 Å². The molecule has 3 aromatic heterocycles. The second-order valence-corrected chi connectivity index (χ2v) is 28.0. The molecule has 0 saturated carbocycles. The van der Waals surface area contributed by atoms with Crippen molar-refractivity contribution in [3.63, 3.8) is 0 Å². The van der Waals surface area contributed by atoms with Gasteiger partial charge < -0.3 is 15.1 Å². The van der Waals surface area contributed by atoms with E-state index < -0.39 is 0 Å². The van der Waals surface area contributed by atoms with Gasteiger partial charge in [-0.15, -0.1) is 0 Å². The van der Waals surface area contributed by atoms with Crippen LogP contribution in [0.25, 0.3) is 90.9 Å². The van der Waals surface area contributed by atoms with Gasteiger partial charge >= 0.3 is 0 Å².